The van der Waals surface area contributed by atoms with E-state index in [1.165, 1.54) is 0 Å². The van der Waals surface area contributed by atoms with E-state index in [1.54, 1.807) is 6.20 Å². The maximum Gasteiger partial charge on any atom is 0.139 e. The van der Waals surface area contributed by atoms with E-state index >= 15 is 0 Å². The third-order valence-electron chi connectivity index (χ3n) is 4.13. The first kappa shape index (κ1) is 13.3. The van der Waals surface area contributed by atoms with Gasteiger partial charge in [0.2, 0.25) is 0 Å². The minimum atomic E-state index is 0.0419. The molecule has 0 bridgehead atoms. The highest BCUT2D eigenvalue weighted by atomic mass is 16.5. The number of nitrogens with zero attached hydrogens (tertiary/aromatic N) is 2. The first-order valence-electron chi connectivity index (χ1n) is 6.65. The Morgan fingerprint density at radius 3 is 2.61 bits per heavy atom. The molecule has 1 aromatic heterocycles. The molecule has 2 heterocycles. The number of imidazole rings is 1. The summed E-state index contributed by atoms with van der Waals surface area (Å²) < 4.78 is 7.69. The van der Waals surface area contributed by atoms with Gasteiger partial charge in [0.15, 0.2) is 0 Å². The normalized spacial score (nSPS) is 31.8. The number of ether oxygens (including phenoxy) is 1. The predicted octanol–water partition coefficient (Wildman–Crippen LogP) is 1.98. The lowest BCUT2D eigenvalue weighted by Gasteiger charge is -2.16. The average Bonchev–Trinajstić information content (AvgIpc) is 2.81. The number of hydrogen-bond donors (Lipinski definition) is 0. The van der Waals surface area contributed by atoms with Crippen LogP contribution in [0.4, 0.5) is 0 Å². The Morgan fingerprint density at radius 1 is 1.39 bits per heavy atom. The number of hydrogen-bond acceptors (Lipinski definition) is 3. The van der Waals surface area contributed by atoms with Crippen LogP contribution in [-0.4, -0.2) is 27.5 Å². The highest BCUT2D eigenvalue weighted by molar-refractivity contribution is 5.82. The van der Waals surface area contributed by atoms with Crippen molar-refractivity contribution in [1.29, 1.82) is 0 Å². The molecule has 0 saturated carbocycles. The standard InChI is InChI=1S/C14H22N2O2/c1-9-10(2)18-11(3)14(9)12(17)5-6-13-15-7-8-16(13)4/h7-11,14H,5-6H2,1-4H3. The van der Waals surface area contributed by atoms with Gasteiger partial charge in [-0.05, 0) is 19.8 Å². The molecule has 0 aliphatic carbocycles. The molecule has 1 aromatic rings. The summed E-state index contributed by atoms with van der Waals surface area (Å²) in [5.74, 6) is 1.63. The minimum Gasteiger partial charge on any atom is -0.375 e. The molecule has 1 saturated heterocycles. The van der Waals surface area contributed by atoms with E-state index in [0.29, 0.717) is 24.5 Å². The second-order valence-corrected chi connectivity index (χ2v) is 5.35. The summed E-state index contributed by atoms with van der Waals surface area (Å²) in [6.45, 7) is 6.16. The molecule has 0 spiro atoms. The summed E-state index contributed by atoms with van der Waals surface area (Å²) in [6, 6.07) is 0. The Balaban J connectivity index is 1.94. The van der Waals surface area contributed by atoms with Crippen LogP contribution >= 0.6 is 0 Å². The number of aryl methyl sites for hydroxylation is 2. The fourth-order valence-electron chi connectivity index (χ4n) is 2.86. The van der Waals surface area contributed by atoms with Crippen molar-refractivity contribution in [1.82, 2.24) is 9.55 Å². The molecule has 100 valence electrons. The largest absolute Gasteiger partial charge is 0.375 e. The van der Waals surface area contributed by atoms with Gasteiger partial charge in [0.25, 0.3) is 0 Å². The van der Waals surface area contributed by atoms with E-state index in [1.807, 2.05) is 31.7 Å². The summed E-state index contributed by atoms with van der Waals surface area (Å²) >= 11 is 0. The fraction of sp³-hybridized carbons (Fsp3) is 0.714. The quantitative estimate of drug-likeness (QED) is 0.820. The van der Waals surface area contributed by atoms with Gasteiger partial charge in [0.1, 0.15) is 11.6 Å². The molecule has 0 amide bonds. The van der Waals surface area contributed by atoms with E-state index in [4.69, 9.17) is 4.74 Å². The fourth-order valence-corrected chi connectivity index (χ4v) is 2.86. The lowest BCUT2D eigenvalue weighted by atomic mass is 9.84. The van der Waals surface area contributed by atoms with E-state index < -0.39 is 0 Å². The van der Waals surface area contributed by atoms with Gasteiger partial charge in [-0.25, -0.2) is 4.98 Å². The third kappa shape index (κ3) is 2.48. The van der Waals surface area contributed by atoms with Gasteiger partial charge in [-0.2, -0.15) is 0 Å². The Bertz CT molecular complexity index is 427. The molecule has 4 atom stereocenters. The molecule has 1 aliphatic heterocycles. The van der Waals surface area contributed by atoms with E-state index in [9.17, 15) is 4.79 Å². The Hall–Kier alpha value is -1.16. The Morgan fingerprint density at radius 2 is 2.11 bits per heavy atom. The van der Waals surface area contributed by atoms with Crippen molar-refractivity contribution >= 4 is 5.78 Å². The van der Waals surface area contributed by atoms with Crippen LogP contribution < -0.4 is 0 Å². The molecule has 4 unspecified atom stereocenters. The molecule has 1 aliphatic rings. The maximum atomic E-state index is 12.3. The van der Waals surface area contributed by atoms with Gasteiger partial charge in [-0.1, -0.05) is 6.92 Å². The smallest absolute Gasteiger partial charge is 0.139 e. The topological polar surface area (TPSA) is 44.1 Å². The zero-order valence-electron chi connectivity index (χ0n) is 11.6. The van der Waals surface area contributed by atoms with E-state index in [0.717, 1.165) is 5.82 Å². The first-order chi connectivity index (χ1) is 8.50. The maximum absolute atomic E-state index is 12.3. The monoisotopic (exact) mass is 250 g/mol. The van der Waals surface area contributed by atoms with E-state index in [-0.39, 0.29) is 18.1 Å². The molecular weight excluding hydrogens is 228 g/mol. The number of Topliss-reactive ketones (excluding diaryl/α,β-unsaturated/α-hetero) is 1. The molecule has 2 rings (SSSR count). The van der Waals surface area contributed by atoms with E-state index in [2.05, 4.69) is 11.9 Å². The summed E-state index contributed by atoms with van der Waals surface area (Å²) in [5.41, 5.74) is 0. The number of rotatable bonds is 4. The molecular formula is C14H22N2O2. The van der Waals surface area contributed by atoms with Gasteiger partial charge >= 0.3 is 0 Å². The zero-order chi connectivity index (χ0) is 13.3. The Labute approximate surface area is 108 Å². The van der Waals surface area contributed by atoms with Crippen LogP contribution in [0.2, 0.25) is 0 Å². The van der Waals surface area contributed by atoms with Crippen LogP contribution in [0.15, 0.2) is 12.4 Å². The van der Waals surface area contributed by atoms with Crippen LogP contribution in [0.3, 0.4) is 0 Å². The van der Waals surface area contributed by atoms with Crippen LogP contribution in [0, 0.1) is 11.8 Å². The van der Waals surface area contributed by atoms with Gasteiger partial charge in [0.05, 0.1) is 12.2 Å². The summed E-state index contributed by atoms with van der Waals surface area (Å²) in [5, 5.41) is 0. The van der Waals surface area contributed by atoms with Crippen molar-refractivity contribution in [3.63, 3.8) is 0 Å². The van der Waals surface area contributed by atoms with Crippen molar-refractivity contribution in [2.75, 3.05) is 0 Å². The van der Waals surface area contributed by atoms with Crippen LogP contribution in [0.5, 0.6) is 0 Å². The van der Waals surface area contributed by atoms with Crippen molar-refractivity contribution in [3.05, 3.63) is 18.2 Å². The lowest BCUT2D eigenvalue weighted by Crippen LogP contribution is -2.27. The molecule has 4 nitrogen and oxygen atoms in total. The molecule has 0 aromatic carbocycles. The second-order valence-electron chi connectivity index (χ2n) is 5.35. The molecule has 18 heavy (non-hydrogen) atoms. The van der Waals surface area contributed by atoms with Crippen LogP contribution in [0.25, 0.3) is 0 Å². The lowest BCUT2D eigenvalue weighted by molar-refractivity contribution is -0.125. The number of ketones is 1. The van der Waals surface area contributed by atoms with Crippen molar-refractivity contribution in [2.24, 2.45) is 18.9 Å². The molecule has 1 fully saturated rings. The van der Waals surface area contributed by atoms with Gasteiger partial charge < -0.3 is 9.30 Å². The first-order valence-corrected chi connectivity index (χ1v) is 6.65. The van der Waals surface area contributed by atoms with Gasteiger partial charge in [0, 0.05) is 38.2 Å². The Kier molecular flexibility index (Phi) is 3.85. The van der Waals surface area contributed by atoms with Gasteiger partial charge in [-0.15, -0.1) is 0 Å². The third-order valence-corrected chi connectivity index (χ3v) is 4.13. The summed E-state index contributed by atoms with van der Waals surface area (Å²) in [4.78, 5) is 16.5. The molecule has 4 heteroatoms. The summed E-state index contributed by atoms with van der Waals surface area (Å²) in [7, 11) is 1.96. The number of carbonyl (C=O) groups is 1. The SMILES string of the molecule is CC1OC(C)C(C(=O)CCc2nccn2C)C1C. The molecule has 0 N–H and O–H groups in total. The predicted molar refractivity (Wildman–Crippen MR) is 69.2 cm³/mol. The highest BCUT2D eigenvalue weighted by Gasteiger charge is 2.40. The van der Waals surface area contributed by atoms with Crippen molar-refractivity contribution in [2.45, 2.75) is 45.8 Å². The van der Waals surface area contributed by atoms with Gasteiger partial charge in [-0.3, -0.25) is 4.79 Å². The number of aromatic nitrogens is 2. The zero-order valence-corrected chi connectivity index (χ0v) is 11.6. The second kappa shape index (κ2) is 5.22. The summed E-state index contributed by atoms with van der Waals surface area (Å²) in [6.07, 6.45) is 5.18. The highest BCUT2D eigenvalue weighted by Crippen LogP contribution is 2.33. The van der Waals surface area contributed by atoms with Crippen LogP contribution in [-0.2, 0) is 23.0 Å². The molecule has 0 radical (unpaired) electrons. The van der Waals surface area contributed by atoms with Crippen molar-refractivity contribution < 1.29 is 9.53 Å². The van der Waals surface area contributed by atoms with Crippen molar-refractivity contribution in [3.8, 4) is 0 Å². The average molecular weight is 250 g/mol. The van der Waals surface area contributed by atoms with Crippen LogP contribution in [0.1, 0.15) is 33.0 Å². The number of carbonyl (C=O) groups excluding carboxylic acids is 1. The minimum absolute atomic E-state index is 0.0419.